The Morgan fingerprint density at radius 1 is 1.10 bits per heavy atom. The third kappa shape index (κ3) is 4.78. The summed E-state index contributed by atoms with van der Waals surface area (Å²) in [5.41, 5.74) is 2.87. The van der Waals surface area contributed by atoms with Crippen molar-refractivity contribution in [3.63, 3.8) is 0 Å². The number of rotatable bonds is 4. The van der Waals surface area contributed by atoms with Crippen molar-refractivity contribution in [2.45, 2.75) is 25.3 Å². The summed E-state index contributed by atoms with van der Waals surface area (Å²) in [5.74, 6) is -3.71. The summed E-state index contributed by atoms with van der Waals surface area (Å²) in [6.45, 7) is 0.741. The van der Waals surface area contributed by atoms with Crippen LogP contribution < -0.4 is 11.1 Å². The van der Waals surface area contributed by atoms with Gasteiger partial charge in [-0.15, -0.1) is 0 Å². The van der Waals surface area contributed by atoms with Crippen molar-refractivity contribution in [2.24, 2.45) is 0 Å². The van der Waals surface area contributed by atoms with Gasteiger partial charge in [0.2, 0.25) is 0 Å². The summed E-state index contributed by atoms with van der Waals surface area (Å²) in [6, 6.07) is 3.41. The number of nitrogens with two attached hydrogens (primary N) is 1. The second-order valence-corrected chi connectivity index (χ2v) is 9.16. The molecule has 1 aliphatic rings. The van der Waals surface area contributed by atoms with Gasteiger partial charge in [0.1, 0.15) is 35.3 Å². The fourth-order valence-corrected chi connectivity index (χ4v) is 4.59. The summed E-state index contributed by atoms with van der Waals surface area (Å²) >= 11 is 0. The highest BCUT2D eigenvalue weighted by Gasteiger charge is 2.39. The molecule has 1 aromatic carbocycles. The summed E-state index contributed by atoms with van der Waals surface area (Å²) in [5, 5.41) is 6.23. The highest BCUT2D eigenvalue weighted by atomic mass is 19.4. The molecule has 0 aliphatic carbocycles. The van der Waals surface area contributed by atoms with Crippen molar-refractivity contribution in [3.8, 4) is 11.3 Å². The second-order valence-electron chi connectivity index (χ2n) is 9.16. The number of amides is 2. The number of alkyl halides is 4. The van der Waals surface area contributed by atoms with Gasteiger partial charge < -0.3 is 16.0 Å². The fraction of sp³-hybridized carbons (Fsp3) is 0.240. The lowest BCUT2D eigenvalue weighted by molar-refractivity contribution is -0.136. The molecule has 2 atom stereocenters. The van der Waals surface area contributed by atoms with E-state index in [0.717, 1.165) is 46.2 Å². The number of likely N-dealkylation sites (tertiary alicyclic amines) is 1. The molecule has 0 saturated carbocycles. The lowest BCUT2D eigenvalue weighted by atomic mass is 10.0. The van der Waals surface area contributed by atoms with E-state index in [1.807, 2.05) is 0 Å². The summed E-state index contributed by atoms with van der Waals surface area (Å²) in [7, 11) is 0. The molecule has 0 spiro atoms. The van der Waals surface area contributed by atoms with Gasteiger partial charge in [0.25, 0.3) is 11.8 Å². The lowest BCUT2D eigenvalue weighted by Gasteiger charge is -2.17. The van der Waals surface area contributed by atoms with E-state index in [4.69, 9.17) is 5.73 Å². The normalized spacial score (nSPS) is 17.4. The molecule has 1 fully saturated rings. The van der Waals surface area contributed by atoms with Gasteiger partial charge in [-0.2, -0.15) is 18.3 Å². The van der Waals surface area contributed by atoms with Crippen molar-refractivity contribution in [2.75, 3.05) is 18.8 Å². The predicted molar refractivity (Wildman–Crippen MR) is 129 cm³/mol. The number of halogens is 6. The molecule has 3 N–H and O–H groups in total. The molecule has 0 bridgehead atoms. The maximum atomic E-state index is 15.1. The van der Waals surface area contributed by atoms with Gasteiger partial charge in [-0.1, -0.05) is 0 Å². The number of hydrogen-bond donors (Lipinski definition) is 2. The minimum atomic E-state index is -4.87. The fourth-order valence-electron chi connectivity index (χ4n) is 4.59. The van der Waals surface area contributed by atoms with Crippen molar-refractivity contribution in [3.05, 3.63) is 76.9 Å². The number of benzene rings is 1. The number of nitrogens with zero attached hydrogens (tertiary/aromatic N) is 5. The van der Waals surface area contributed by atoms with Crippen molar-refractivity contribution in [1.82, 2.24) is 29.8 Å². The molecule has 40 heavy (non-hydrogen) atoms. The van der Waals surface area contributed by atoms with Gasteiger partial charge in [0.15, 0.2) is 5.82 Å². The molecule has 3 aromatic heterocycles. The zero-order valence-electron chi connectivity index (χ0n) is 20.5. The van der Waals surface area contributed by atoms with Crippen LogP contribution >= 0.6 is 0 Å². The van der Waals surface area contributed by atoms with Crippen LogP contribution in [-0.2, 0) is 6.18 Å². The Morgan fingerprint density at radius 3 is 2.55 bits per heavy atom. The molecule has 0 radical (unpaired) electrons. The second kappa shape index (κ2) is 9.81. The molecule has 4 aromatic rings. The molecule has 1 aliphatic heterocycles. The van der Waals surface area contributed by atoms with Crippen LogP contribution in [0.3, 0.4) is 0 Å². The van der Waals surface area contributed by atoms with Crippen LogP contribution in [-0.4, -0.2) is 61.6 Å². The average molecular weight is 563 g/mol. The lowest BCUT2D eigenvalue weighted by Crippen LogP contribution is -2.42. The molecular weight excluding hydrogens is 544 g/mol. The Balaban J connectivity index is 1.44. The van der Waals surface area contributed by atoms with Crippen molar-refractivity contribution >= 4 is 23.1 Å². The Labute approximate surface area is 221 Å². The first-order valence-electron chi connectivity index (χ1n) is 11.7. The number of carbonyl (C=O) groups is 2. The Hall–Kier alpha value is -4.69. The van der Waals surface area contributed by atoms with E-state index in [1.54, 1.807) is 0 Å². The SMILES string of the molecule is Cc1cc(F)c(-c2cc(C(F)(F)F)c3c(N)ncnn23)cc1C(=O)N[C@@H]1CN(C(=O)c2cc(F)ccn2)C[C@@H]1F. The summed E-state index contributed by atoms with van der Waals surface area (Å²) in [4.78, 5) is 34.2. The summed E-state index contributed by atoms with van der Waals surface area (Å²) in [6.07, 6.45) is -4.57. The van der Waals surface area contributed by atoms with Crippen LogP contribution in [0, 0.1) is 18.6 Å². The van der Waals surface area contributed by atoms with Gasteiger partial charge in [-0.05, 0) is 36.8 Å². The molecule has 208 valence electrons. The number of aromatic nitrogens is 4. The van der Waals surface area contributed by atoms with Gasteiger partial charge in [0.05, 0.1) is 23.8 Å². The number of nitrogens with one attached hydrogen (secondary N) is 1. The Bertz CT molecular complexity index is 1650. The van der Waals surface area contributed by atoms with E-state index in [-0.39, 0.29) is 29.1 Å². The number of pyridine rings is 1. The Morgan fingerprint density at radius 2 is 1.85 bits per heavy atom. The minimum absolute atomic E-state index is 0.120. The molecule has 4 heterocycles. The topological polar surface area (TPSA) is 119 Å². The molecule has 1 saturated heterocycles. The van der Waals surface area contributed by atoms with Crippen LogP contribution in [0.25, 0.3) is 16.8 Å². The molecule has 2 amide bonds. The van der Waals surface area contributed by atoms with Gasteiger partial charge in [0, 0.05) is 29.9 Å². The van der Waals surface area contributed by atoms with Crippen LogP contribution in [0.15, 0.2) is 42.9 Å². The van der Waals surface area contributed by atoms with Gasteiger partial charge >= 0.3 is 6.18 Å². The Kier molecular flexibility index (Phi) is 6.59. The van der Waals surface area contributed by atoms with Crippen LogP contribution in [0.5, 0.6) is 0 Å². The maximum Gasteiger partial charge on any atom is 0.418 e. The minimum Gasteiger partial charge on any atom is -0.382 e. The smallest absolute Gasteiger partial charge is 0.382 e. The van der Waals surface area contributed by atoms with Crippen LogP contribution in [0.1, 0.15) is 32.0 Å². The number of aryl methyl sites for hydroxylation is 1. The molecule has 0 unspecified atom stereocenters. The third-order valence-corrected chi connectivity index (χ3v) is 6.52. The van der Waals surface area contributed by atoms with E-state index >= 15 is 4.39 Å². The molecule has 9 nitrogen and oxygen atoms in total. The van der Waals surface area contributed by atoms with Crippen molar-refractivity contribution < 1.29 is 35.9 Å². The first-order valence-corrected chi connectivity index (χ1v) is 11.7. The molecular formula is C25H19F6N7O2. The highest BCUT2D eigenvalue weighted by Crippen LogP contribution is 2.39. The predicted octanol–water partition coefficient (Wildman–Crippen LogP) is 3.57. The standard InChI is InChI=1S/C25H19F6N7O2/c1-11-4-16(27)14(20-7-15(25(29,30)31)21-22(32)34-10-35-38(20)21)6-13(11)23(39)36-19-9-37(8-17(19)28)24(40)18-5-12(26)2-3-33-18/h2-7,10,17,19H,8-9H2,1H3,(H,36,39)(H2,32,34,35)/t17-,19+/m0/s1. The van der Waals surface area contributed by atoms with E-state index in [2.05, 4.69) is 20.4 Å². The van der Waals surface area contributed by atoms with Crippen LogP contribution in [0.4, 0.5) is 32.2 Å². The number of hydrogen-bond acceptors (Lipinski definition) is 6. The number of carbonyl (C=O) groups excluding carboxylic acids is 2. The van der Waals surface area contributed by atoms with Gasteiger partial charge in [-0.3, -0.25) is 14.6 Å². The molecule has 5 rings (SSSR count). The number of fused-ring (bicyclic) bond motifs is 1. The molecule has 15 heteroatoms. The monoisotopic (exact) mass is 563 g/mol. The highest BCUT2D eigenvalue weighted by molar-refractivity contribution is 5.97. The van der Waals surface area contributed by atoms with E-state index in [0.29, 0.717) is 6.07 Å². The largest absolute Gasteiger partial charge is 0.418 e. The first-order chi connectivity index (χ1) is 18.8. The van der Waals surface area contributed by atoms with Crippen LogP contribution in [0.2, 0.25) is 0 Å². The van der Waals surface area contributed by atoms with E-state index < -0.39 is 70.8 Å². The average Bonchev–Trinajstić information content (AvgIpc) is 3.45. The van der Waals surface area contributed by atoms with Crippen molar-refractivity contribution in [1.29, 1.82) is 0 Å². The third-order valence-electron chi connectivity index (χ3n) is 6.52. The van der Waals surface area contributed by atoms with E-state index in [1.165, 1.54) is 6.92 Å². The number of anilines is 1. The van der Waals surface area contributed by atoms with Gasteiger partial charge in [-0.25, -0.2) is 22.7 Å². The van der Waals surface area contributed by atoms with E-state index in [9.17, 15) is 31.5 Å². The quantitative estimate of drug-likeness (QED) is 0.367. The number of nitrogen functional groups attached to an aromatic ring is 1. The zero-order valence-corrected chi connectivity index (χ0v) is 20.5. The first kappa shape index (κ1) is 26.9. The maximum absolute atomic E-state index is 15.1. The summed E-state index contributed by atoms with van der Waals surface area (Å²) < 4.78 is 85.3. The zero-order chi connectivity index (χ0) is 28.9.